The average molecular weight is 623 g/mol. The zero-order valence-corrected chi connectivity index (χ0v) is 23.6. The monoisotopic (exact) mass is 623 g/mol. The Labute approximate surface area is 212 Å². The molecule has 3 nitrogen and oxygen atoms in total. The molecule has 33 heavy (non-hydrogen) atoms. The number of allylic oxidation sites excluding steroid dienone is 2. The van der Waals surface area contributed by atoms with Crippen LogP contribution in [0.25, 0.3) is 22.0 Å². The first kappa shape index (κ1) is 28.7. The van der Waals surface area contributed by atoms with Crippen LogP contribution in [0.3, 0.4) is 0 Å². The van der Waals surface area contributed by atoms with E-state index in [0.29, 0.717) is 0 Å². The number of aliphatic hydroxyl groups excluding tert-OH is 1. The summed E-state index contributed by atoms with van der Waals surface area (Å²) in [5, 5.41) is 12.0. The smallest absolute Gasteiger partial charge is 0.164 e. The molecule has 3 aromatic rings. The van der Waals surface area contributed by atoms with Gasteiger partial charge >= 0.3 is 0 Å². The van der Waals surface area contributed by atoms with Crippen LogP contribution in [0.2, 0.25) is 0 Å². The second kappa shape index (κ2) is 11.2. The van der Waals surface area contributed by atoms with Gasteiger partial charge in [0.1, 0.15) is 5.76 Å². The Morgan fingerprint density at radius 2 is 1.45 bits per heavy atom. The molecule has 0 amide bonds. The van der Waals surface area contributed by atoms with Crippen LogP contribution in [0, 0.1) is 37.7 Å². The number of carbonyl (C=O) groups is 1. The second-order valence-corrected chi connectivity index (χ2v) is 10.4. The van der Waals surface area contributed by atoms with E-state index in [-0.39, 0.29) is 37.1 Å². The van der Waals surface area contributed by atoms with Gasteiger partial charge in [0, 0.05) is 43.2 Å². The maximum absolute atomic E-state index is 11.5. The van der Waals surface area contributed by atoms with E-state index in [4.69, 9.17) is 0 Å². The summed E-state index contributed by atoms with van der Waals surface area (Å²) >= 11 is 0. The van der Waals surface area contributed by atoms with Crippen LogP contribution < -0.4 is 0 Å². The van der Waals surface area contributed by atoms with Gasteiger partial charge in [0.2, 0.25) is 0 Å². The van der Waals surface area contributed by atoms with E-state index in [0.717, 1.165) is 16.8 Å². The van der Waals surface area contributed by atoms with Gasteiger partial charge in [0.05, 0.1) is 0 Å². The maximum atomic E-state index is 11.5. The van der Waals surface area contributed by atoms with Crippen LogP contribution >= 0.6 is 0 Å². The molecule has 1 N–H and O–H groups in total. The first-order valence-corrected chi connectivity index (χ1v) is 11.0. The van der Waals surface area contributed by atoms with Crippen LogP contribution in [0.1, 0.15) is 58.2 Å². The third-order valence-electron chi connectivity index (χ3n) is 5.31. The average Bonchev–Trinajstić information content (AvgIpc) is 2.69. The van der Waals surface area contributed by atoms with Crippen molar-refractivity contribution in [2.45, 2.75) is 62.3 Å². The van der Waals surface area contributed by atoms with Crippen molar-refractivity contribution in [3.05, 3.63) is 77.2 Å². The number of benzene rings is 2. The number of hydrogen-bond donors (Lipinski definition) is 1. The Morgan fingerprint density at radius 1 is 0.879 bits per heavy atom. The Bertz CT molecular complexity index is 1150. The molecular formula is C29H36IrNO2-. The number of carbonyl (C=O) groups excluding carboxylic acids is 1. The molecule has 0 fully saturated rings. The van der Waals surface area contributed by atoms with E-state index >= 15 is 0 Å². The summed E-state index contributed by atoms with van der Waals surface area (Å²) in [6, 6.07) is 16.1. The summed E-state index contributed by atoms with van der Waals surface area (Å²) in [6.07, 6.45) is 3.28. The predicted molar refractivity (Wildman–Crippen MR) is 135 cm³/mol. The van der Waals surface area contributed by atoms with E-state index in [2.05, 4.69) is 68.2 Å². The number of fused-ring (bicyclic) bond motifs is 1. The summed E-state index contributed by atoms with van der Waals surface area (Å²) in [5.41, 5.74) is 4.95. The Hall–Kier alpha value is -2.29. The van der Waals surface area contributed by atoms with E-state index in [9.17, 15) is 9.90 Å². The van der Waals surface area contributed by atoms with Crippen LogP contribution in [0.15, 0.2) is 54.4 Å². The van der Waals surface area contributed by atoms with E-state index < -0.39 is 5.41 Å². The third kappa shape index (κ3) is 7.62. The van der Waals surface area contributed by atoms with Crippen molar-refractivity contribution >= 4 is 16.6 Å². The van der Waals surface area contributed by atoms with Crippen LogP contribution in [-0.4, -0.2) is 15.9 Å². The minimum atomic E-state index is -0.417. The second-order valence-electron chi connectivity index (χ2n) is 10.4. The van der Waals surface area contributed by atoms with Gasteiger partial charge in [0.25, 0.3) is 0 Å². The minimum Gasteiger partial charge on any atom is -0.512 e. The van der Waals surface area contributed by atoms with E-state index in [1.165, 1.54) is 28.0 Å². The number of pyridine rings is 1. The van der Waals surface area contributed by atoms with Gasteiger partial charge in [-0.2, -0.15) is 0 Å². The third-order valence-corrected chi connectivity index (χ3v) is 5.31. The van der Waals surface area contributed by atoms with E-state index in [1.807, 2.05) is 47.7 Å². The number of hydrogen-bond acceptors (Lipinski definition) is 3. The molecule has 0 saturated heterocycles. The first-order chi connectivity index (χ1) is 14.7. The predicted octanol–water partition coefficient (Wildman–Crippen LogP) is 7.71. The molecule has 1 radical (unpaired) electrons. The molecule has 179 valence electrons. The molecule has 0 saturated carbocycles. The van der Waals surface area contributed by atoms with Crippen molar-refractivity contribution < 1.29 is 30.0 Å². The van der Waals surface area contributed by atoms with Crippen LogP contribution in [-0.2, 0) is 24.9 Å². The number of ketones is 1. The SMILES string of the molecule is CC(C)(C)C(=O)/C=C(\O)C(C)(C)C.Cc1[c-]c(-c2ncc(C)c3ccccc23)c(C)cc1.[Ir]. The standard InChI is InChI=1S/C18H16N.C11H20O2.Ir/c1-12-8-9-13(2)17(10-12)18-16-7-5-4-6-15(16)14(3)11-19-18;1-10(2,3)8(12)7-9(13)11(4,5)6;/h4-9,11H,1-3H3;7,12H,1-6H3;/q-1;;/b;8-7-;. The largest absolute Gasteiger partial charge is 0.512 e. The van der Waals surface area contributed by atoms with Crippen LogP contribution in [0.4, 0.5) is 0 Å². The van der Waals surface area contributed by atoms with Gasteiger partial charge < -0.3 is 10.1 Å². The maximum Gasteiger partial charge on any atom is 0.164 e. The number of aromatic nitrogens is 1. The fourth-order valence-corrected chi connectivity index (χ4v) is 3.01. The van der Waals surface area contributed by atoms with Gasteiger partial charge in [-0.1, -0.05) is 79.7 Å². The van der Waals surface area contributed by atoms with Gasteiger partial charge in [-0.05, 0) is 29.0 Å². The quantitative estimate of drug-likeness (QED) is 0.181. The summed E-state index contributed by atoms with van der Waals surface area (Å²) < 4.78 is 0. The molecule has 0 spiro atoms. The van der Waals surface area contributed by atoms with Gasteiger partial charge in [0.15, 0.2) is 5.78 Å². The van der Waals surface area contributed by atoms with Crippen molar-refractivity contribution in [2.75, 3.05) is 0 Å². The van der Waals surface area contributed by atoms with Crippen molar-refractivity contribution in [3.63, 3.8) is 0 Å². The van der Waals surface area contributed by atoms with Gasteiger partial charge in [-0.15, -0.1) is 34.9 Å². The molecule has 0 aliphatic rings. The number of nitrogens with zero attached hydrogens (tertiary/aromatic N) is 1. The molecule has 1 heterocycles. The topological polar surface area (TPSA) is 50.2 Å². The molecule has 4 heteroatoms. The summed E-state index contributed by atoms with van der Waals surface area (Å²) in [5.74, 6) is 0.104. The van der Waals surface area contributed by atoms with Crippen LogP contribution in [0.5, 0.6) is 0 Å². The minimum absolute atomic E-state index is 0. The van der Waals surface area contributed by atoms with Gasteiger partial charge in [-0.3, -0.25) is 4.79 Å². The molecule has 0 bridgehead atoms. The molecule has 0 aliphatic heterocycles. The molecule has 2 aromatic carbocycles. The van der Waals surface area contributed by atoms with Crippen molar-refractivity contribution in [3.8, 4) is 11.3 Å². The van der Waals surface area contributed by atoms with Gasteiger partial charge in [-0.25, -0.2) is 0 Å². The van der Waals surface area contributed by atoms with E-state index in [1.54, 1.807) is 0 Å². The summed E-state index contributed by atoms with van der Waals surface area (Å²) in [4.78, 5) is 16.1. The Morgan fingerprint density at radius 3 is 2.00 bits per heavy atom. The molecule has 0 unspecified atom stereocenters. The van der Waals surface area contributed by atoms with Crippen molar-refractivity contribution in [1.29, 1.82) is 0 Å². The fraction of sp³-hybridized carbons (Fsp3) is 0.379. The molecule has 3 rings (SSSR count). The van der Waals surface area contributed by atoms with Crippen molar-refractivity contribution in [2.24, 2.45) is 10.8 Å². The first-order valence-electron chi connectivity index (χ1n) is 11.0. The molecule has 0 aliphatic carbocycles. The normalized spacial score (nSPS) is 12.0. The number of aryl methyl sites for hydroxylation is 3. The molecular weight excluding hydrogens is 587 g/mol. The fourth-order valence-electron chi connectivity index (χ4n) is 3.01. The Balaban J connectivity index is 0.000000346. The number of aliphatic hydroxyl groups is 1. The molecule has 1 aromatic heterocycles. The van der Waals surface area contributed by atoms with Crippen molar-refractivity contribution in [1.82, 2.24) is 4.98 Å². The summed E-state index contributed by atoms with van der Waals surface area (Å²) in [6.45, 7) is 17.4. The zero-order valence-electron chi connectivity index (χ0n) is 21.3. The number of rotatable bonds is 2. The Kier molecular flexibility index (Phi) is 9.78. The molecule has 0 atom stereocenters. The summed E-state index contributed by atoms with van der Waals surface area (Å²) in [7, 11) is 0. The zero-order chi connectivity index (χ0) is 24.3.